The molecule has 0 saturated heterocycles. The molecule has 0 aromatic carbocycles. The highest BCUT2D eigenvalue weighted by atomic mass is 15.1. The summed E-state index contributed by atoms with van der Waals surface area (Å²) in [5.74, 6) is 0.240. The topological polar surface area (TPSA) is 67.3 Å². The van der Waals surface area contributed by atoms with Crippen LogP contribution in [0.1, 0.15) is 26.7 Å². The summed E-state index contributed by atoms with van der Waals surface area (Å²) in [7, 11) is 2.05. The first-order valence-electron chi connectivity index (χ1n) is 7.07. The van der Waals surface area contributed by atoms with Crippen molar-refractivity contribution in [1.82, 2.24) is 10.2 Å². The van der Waals surface area contributed by atoms with Crippen LogP contribution in [-0.4, -0.2) is 31.1 Å². The Balaban J connectivity index is 2.89. The maximum Gasteiger partial charge on any atom is 0.0355 e. The van der Waals surface area contributed by atoms with Crippen molar-refractivity contribution in [3.63, 3.8) is 0 Å². The Morgan fingerprint density at radius 2 is 2.26 bits per heavy atom. The molecule has 1 aliphatic rings. The third-order valence-corrected chi connectivity index (χ3v) is 3.46. The first-order chi connectivity index (χ1) is 9.10. The minimum absolute atomic E-state index is 0.111. The van der Waals surface area contributed by atoms with E-state index in [1.54, 1.807) is 6.20 Å². The van der Waals surface area contributed by atoms with Gasteiger partial charge in [0.05, 0.1) is 0 Å². The summed E-state index contributed by atoms with van der Waals surface area (Å²) < 4.78 is 0. The molecule has 0 aromatic rings. The van der Waals surface area contributed by atoms with E-state index in [-0.39, 0.29) is 12.0 Å². The molecule has 1 heterocycles. The highest BCUT2D eigenvalue weighted by Crippen LogP contribution is 2.22. The minimum atomic E-state index is 0.111. The van der Waals surface area contributed by atoms with Gasteiger partial charge in [-0.25, -0.2) is 0 Å². The van der Waals surface area contributed by atoms with Gasteiger partial charge < -0.3 is 21.7 Å². The molecule has 0 fully saturated rings. The predicted molar refractivity (Wildman–Crippen MR) is 82.2 cm³/mol. The van der Waals surface area contributed by atoms with Gasteiger partial charge in [0, 0.05) is 37.8 Å². The fourth-order valence-electron chi connectivity index (χ4n) is 2.35. The number of nitrogens with zero attached hydrogens (tertiary/aromatic N) is 1. The number of likely N-dealkylation sites (N-methyl/N-ethyl adjacent to an activating group) is 1. The quantitative estimate of drug-likeness (QED) is 0.503. The lowest BCUT2D eigenvalue weighted by Crippen LogP contribution is -2.44. The molecule has 0 aliphatic carbocycles. The Labute approximate surface area is 117 Å². The van der Waals surface area contributed by atoms with Gasteiger partial charge in [0.25, 0.3) is 0 Å². The monoisotopic (exact) mass is 264 g/mol. The number of rotatable bonds is 6. The van der Waals surface area contributed by atoms with Crippen molar-refractivity contribution in [3.8, 4) is 0 Å². The number of allylic oxidation sites excluding steroid dienone is 2. The first-order valence-corrected chi connectivity index (χ1v) is 7.07. The zero-order chi connectivity index (χ0) is 14.3. The van der Waals surface area contributed by atoms with Crippen LogP contribution in [0.5, 0.6) is 0 Å². The van der Waals surface area contributed by atoms with E-state index in [0.717, 1.165) is 25.1 Å². The van der Waals surface area contributed by atoms with Crippen LogP contribution in [0.4, 0.5) is 0 Å². The standard InChI is InChI=1S/C15H28N4/c1-4-5-9-18-15(12(2)6-8-16)13-7-10-19(3)11-14(13)17/h6-8,10,13-14,18H,4-5,9,11,16-17H2,1-3H3/b8-6-,15-12-. The molecular weight excluding hydrogens is 236 g/mol. The Morgan fingerprint density at radius 1 is 1.53 bits per heavy atom. The van der Waals surface area contributed by atoms with E-state index < -0.39 is 0 Å². The molecular formula is C15H28N4. The molecule has 0 bridgehead atoms. The average molecular weight is 264 g/mol. The van der Waals surface area contributed by atoms with Crippen LogP contribution in [0.2, 0.25) is 0 Å². The SMILES string of the molecule is CCCCN/C(=C(C)\C=C/N)C1C=CN(C)CC1N. The largest absolute Gasteiger partial charge is 0.405 e. The minimum Gasteiger partial charge on any atom is -0.405 e. The summed E-state index contributed by atoms with van der Waals surface area (Å²) in [6, 6.07) is 0.111. The molecule has 1 rings (SSSR count). The van der Waals surface area contributed by atoms with Gasteiger partial charge >= 0.3 is 0 Å². The van der Waals surface area contributed by atoms with Crippen molar-refractivity contribution in [1.29, 1.82) is 0 Å². The van der Waals surface area contributed by atoms with Crippen LogP contribution in [0.3, 0.4) is 0 Å². The van der Waals surface area contributed by atoms with Gasteiger partial charge in [-0.1, -0.05) is 19.4 Å². The summed E-state index contributed by atoms with van der Waals surface area (Å²) in [5, 5.41) is 3.54. The van der Waals surface area contributed by atoms with E-state index in [2.05, 4.69) is 36.3 Å². The van der Waals surface area contributed by atoms with E-state index in [1.807, 2.05) is 13.1 Å². The molecule has 108 valence electrons. The van der Waals surface area contributed by atoms with Crippen molar-refractivity contribution in [2.24, 2.45) is 17.4 Å². The fourth-order valence-corrected chi connectivity index (χ4v) is 2.35. The highest BCUT2D eigenvalue weighted by Gasteiger charge is 2.24. The maximum atomic E-state index is 6.29. The van der Waals surface area contributed by atoms with E-state index in [9.17, 15) is 0 Å². The third kappa shape index (κ3) is 4.63. The molecule has 5 N–H and O–H groups in total. The van der Waals surface area contributed by atoms with Crippen molar-refractivity contribution in [3.05, 3.63) is 35.8 Å². The molecule has 0 aromatic heterocycles. The first kappa shape index (κ1) is 15.6. The lowest BCUT2D eigenvalue weighted by Gasteiger charge is -2.33. The Hall–Kier alpha value is -1.42. The lowest BCUT2D eigenvalue weighted by atomic mass is 9.91. The summed E-state index contributed by atoms with van der Waals surface area (Å²) >= 11 is 0. The van der Waals surface area contributed by atoms with E-state index in [4.69, 9.17) is 11.5 Å². The predicted octanol–water partition coefficient (Wildman–Crippen LogP) is 1.53. The van der Waals surface area contributed by atoms with Gasteiger partial charge in [-0.15, -0.1) is 0 Å². The molecule has 1 aliphatic heterocycles. The second-order valence-corrected chi connectivity index (χ2v) is 5.21. The van der Waals surface area contributed by atoms with Crippen LogP contribution in [-0.2, 0) is 0 Å². The molecule has 19 heavy (non-hydrogen) atoms. The number of hydrogen-bond donors (Lipinski definition) is 3. The molecule has 4 heteroatoms. The van der Waals surface area contributed by atoms with Gasteiger partial charge in [-0.2, -0.15) is 0 Å². The highest BCUT2D eigenvalue weighted by molar-refractivity contribution is 5.29. The van der Waals surface area contributed by atoms with Crippen LogP contribution in [0, 0.1) is 5.92 Å². The second kappa shape index (κ2) is 7.89. The lowest BCUT2D eigenvalue weighted by molar-refractivity contribution is 0.345. The van der Waals surface area contributed by atoms with Crippen molar-refractivity contribution in [2.45, 2.75) is 32.7 Å². The van der Waals surface area contributed by atoms with Crippen LogP contribution < -0.4 is 16.8 Å². The summed E-state index contributed by atoms with van der Waals surface area (Å²) in [4.78, 5) is 2.12. The summed E-state index contributed by atoms with van der Waals surface area (Å²) in [6.45, 7) is 6.13. The summed E-state index contributed by atoms with van der Waals surface area (Å²) in [5.41, 5.74) is 14.2. The number of nitrogens with one attached hydrogen (secondary N) is 1. The molecule has 2 unspecified atom stereocenters. The Bertz CT molecular complexity index is 357. The molecule has 2 atom stereocenters. The molecule has 0 spiro atoms. The smallest absolute Gasteiger partial charge is 0.0355 e. The van der Waals surface area contributed by atoms with E-state index in [1.165, 1.54) is 12.1 Å². The summed E-state index contributed by atoms with van der Waals surface area (Å²) in [6.07, 6.45) is 10.1. The third-order valence-electron chi connectivity index (χ3n) is 3.46. The van der Waals surface area contributed by atoms with Crippen LogP contribution >= 0.6 is 0 Å². The van der Waals surface area contributed by atoms with Gasteiger partial charge in [0.1, 0.15) is 0 Å². The van der Waals surface area contributed by atoms with Gasteiger partial charge in [0.15, 0.2) is 0 Å². The number of nitrogens with two attached hydrogens (primary N) is 2. The van der Waals surface area contributed by atoms with E-state index in [0.29, 0.717) is 0 Å². The van der Waals surface area contributed by atoms with Crippen LogP contribution in [0.25, 0.3) is 0 Å². The maximum absolute atomic E-state index is 6.29. The van der Waals surface area contributed by atoms with Gasteiger partial charge in [-0.05, 0) is 37.4 Å². The fraction of sp³-hybridized carbons (Fsp3) is 0.600. The van der Waals surface area contributed by atoms with Crippen molar-refractivity contribution >= 4 is 0 Å². The molecule has 0 radical (unpaired) electrons. The number of hydrogen-bond acceptors (Lipinski definition) is 4. The van der Waals surface area contributed by atoms with Crippen molar-refractivity contribution < 1.29 is 0 Å². The molecule has 4 nitrogen and oxygen atoms in total. The Morgan fingerprint density at radius 3 is 2.84 bits per heavy atom. The second-order valence-electron chi connectivity index (χ2n) is 5.21. The Kier molecular flexibility index (Phi) is 6.50. The number of unbranched alkanes of at least 4 members (excludes halogenated alkanes) is 1. The zero-order valence-electron chi connectivity index (χ0n) is 12.4. The van der Waals surface area contributed by atoms with Crippen LogP contribution in [0.15, 0.2) is 35.8 Å². The van der Waals surface area contributed by atoms with Gasteiger partial charge in [-0.3, -0.25) is 0 Å². The van der Waals surface area contributed by atoms with E-state index >= 15 is 0 Å². The average Bonchev–Trinajstić information content (AvgIpc) is 2.36. The van der Waals surface area contributed by atoms with Gasteiger partial charge in [0.2, 0.25) is 0 Å². The molecule has 0 saturated carbocycles. The molecule has 0 amide bonds. The normalized spacial score (nSPS) is 24.7. The zero-order valence-corrected chi connectivity index (χ0v) is 12.4. The van der Waals surface area contributed by atoms with Crippen molar-refractivity contribution in [2.75, 3.05) is 20.1 Å².